The van der Waals surface area contributed by atoms with Crippen LogP contribution >= 0.6 is 0 Å². The number of anilines is 1. The summed E-state index contributed by atoms with van der Waals surface area (Å²) in [5.41, 5.74) is 0.421. The van der Waals surface area contributed by atoms with Crippen molar-refractivity contribution in [2.75, 3.05) is 17.5 Å². The van der Waals surface area contributed by atoms with Crippen molar-refractivity contribution in [3.8, 4) is 22.6 Å². The van der Waals surface area contributed by atoms with Crippen LogP contribution in [0.25, 0.3) is 11.1 Å². The molecule has 0 radical (unpaired) electrons. The number of rotatable bonds is 8. The van der Waals surface area contributed by atoms with Gasteiger partial charge in [0.15, 0.2) is 0 Å². The number of hydrogen-bond donors (Lipinski definition) is 1. The number of nitrogens with zero attached hydrogens (tertiary/aromatic N) is 1. The van der Waals surface area contributed by atoms with E-state index < -0.39 is 38.7 Å². The van der Waals surface area contributed by atoms with E-state index >= 15 is 0 Å². The van der Waals surface area contributed by atoms with E-state index in [1.54, 1.807) is 36.4 Å². The fourth-order valence-electron chi connectivity index (χ4n) is 4.05. The maximum atomic E-state index is 13.7. The van der Waals surface area contributed by atoms with Gasteiger partial charge in [-0.25, -0.2) is 8.42 Å². The van der Waals surface area contributed by atoms with Crippen molar-refractivity contribution in [2.45, 2.75) is 36.9 Å². The topological polar surface area (TPSA) is 93.1 Å². The number of alkyl halides is 3. The summed E-state index contributed by atoms with van der Waals surface area (Å²) in [6.45, 7) is 2.05. The molecule has 1 atom stereocenters. The maximum absolute atomic E-state index is 13.7. The molecule has 0 aliphatic carbocycles. The fourth-order valence-corrected chi connectivity index (χ4v) is 5.59. The van der Waals surface area contributed by atoms with Crippen molar-refractivity contribution >= 4 is 21.7 Å². The number of benzene rings is 3. The third-order valence-electron chi connectivity index (χ3n) is 5.80. The Hall–Kier alpha value is -3.73. The molecule has 0 spiro atoms. The number of fused-ring (bicyclic) bond motifs is 1. The summed E-state index contributed by atoms with van der Waals surface area (Å²) in [7, 11) is -4.46. The SMILES string of the molecule is CCOc1cccc(-c2ccc3c(c2)N(S(=O)(=O)c2cccc(C(F)(F)F)c2)C[C@H](CCC(=O)O)O3)c1. The summed E-state index contributed by atoms with van der Waals surface area (Å²) in [4.78, 5) is 10.6. The number of carboxylic acid groups (broad SMARTS) is 1. The Labute approximate surface area is 212 Å². The van der Waals surface area contributed by atoms with E-state index in [0.717, 1.165) is 28.1 Å². The van der Waals surface area contributed by atoms with Crippen molar-refractivity contribution in [3.05, 3.63) is 72.3 Å². The number of sulfonamides is 1. The van der Waals surface area contributed by atoms with Crippen LogP contribution in [-0.4, -0.2) is 38.7 Å². The first-order valence-corrected chi connectivity index (χ1v) is 12.9. The lowest BCUT2D eigenvalue weighted by molar-refractivity contribution is -0.138. The van der Waals surface area contributed by atoms with Gasteiger partial charge in [0.1, 0.15) is 17.6 Å². The van der Waals surface area contributed by atoms with Crippen LogP contribution in [0.2, 0.25) is 0 Å². The first-order chi connectivity index (χ1) is 17.5. The highest BCUT2D eigenvalue weighted by Gasteiger charge is 2.37. The fraction of sp³-hybridized carbons (Fsp3) is 0.269. The van der Waals surface area contributed by atoms with E-state index in [4.69, 9.17) is 14.6 Å². The Morgan fingerprint density at radius 3 is 2.51 bits per heavy atom. The Bertz CT molecular complexity index is 1410. The van der Waals surface area contributed by atoms with Gasteiger partial charge in [-0.1, -0.05) is 24.3 Å². The largest absolute Gasteiger partial charge is 0.494 e. The molecular formula is C26H24F3NO6S. The van der Waals surface area contributed by atoms with E-state index in [2.05, 4.69) is 0 Å². The molecule has 196 valence electrons. The average Bonchev–Trinajstić information content (AvgIpc) is 2.86. The minimum absolute atomic E-state index is 0.0154. The van der Waals surface area contributed by atoms with Crippen molar-refractivity contribution in [2.24, 2.45) is 0 Å². The van der Waals surface area contributed by atoms with Gasteiger partial charge in [0, 0.05) is 6.42 Å². The molecule has 1 heterocycles. The molecule has 0 amide bonds. The molecule has 3 aromatic rings. The molecule has 7 nitrogen and oxygen atoms in total. The monoisotopic (exact) mass is 535 g/mol. The molecule has 4 rings (SSSR count). The van der Waals surface area contributed by atoms with Gasteiger partial charge >= 0.3 is 12.1 Å². The molecule has 1 N–H and O–H groups in total. The Morgan fingerprint density at radius 2 is 1.81 bits per heavy atom. The predicted octanol–water partition coefficient (Wildman–Crippen LogP) is 5.59. The second kappa shape index (κ2) is 10.3. The van der Waals surface area contributed by atoms with E-state index in [-0.39, 0.29) is 30.8 Å². The molecular weight excluding hydrogens is 511 g/mol. The number of carboxylic acids is 1. The lowest BCUT2D eigenvalue weighted by Crippen LogP contribution is -2.43. The summed E-state index contributed by atoms with van der Waals surface area (Å²) >= 11 is 0. The summed E-state index contributed by atoms with van der Waals surface area (Å²) in [6.07, 6.45) is -5.78. The van der Waals surface area contributed by atoms with Crippen LogP contribution in [0.1, 0.15) is 25.3 Å². The van der Waals surface area contributed by atoms with Crippen LogP contribution in [0.5, 0.6) is 11.5 Å². The number of carbonyl (C=O) groups is 1. The molecule has 0 aromatic heterocycles. The Kier molecular flexibility index (Phi) is 7.35. The summed E-state index contributed by atoms with van der Waals surface area (Å²) in [6, 6.07) is 15.6. The van der Waals surface area contributed by atoms with Gasteiger partial charge in [0.05, 0.1) is 29.3 Å². The van der Waals surface area contributed by atoms with Gasteiger partial charge in [0.25, 0.3) is 10.0 Å². The number of aliphatic carboxylic acids is 1. The molecule has 1 aliphatic heterocycles. The normalized spacial score (nSPS) is 15.6. The molecule has 0 fully saturated rings. The minimum Gasteiger partial charge on any atom is -0.494 e. The van der Waals surface area contributed by atoms with Crippen LogP contribution < -0.4 is 13.8 Å². The Morgan fingerprint density at radius 1 is 1.08 bits per heavy atom. The highest BCUT2D eigenvalue weighted by Crippen LogP contribution is 2.41. The highest BCUT2D eigenvalue weighted by atomic mass is 32.2. The first-order valence-electron chi connectivity index (χ1n) is 11.4. The third kappa shape index (κ3) is 5.82. The smallest absolute Gasteiger partial charge is 0.416 e. The highest BCUT2D eigenvalue weighted by molar-refractivity contribution is 7.92. The number of hydrogen-bond acceptors (Lipinski definition) is 5. The molecule has 0 saturated heterocycles. The number of halogens is 3. The van der Waals surface area contributed by atoms with Gasteiger partial charge in [-0.05, 0) is 66.9 Å². The lowest BCUT2D eigenvalue weighted by atomic mass is 10.0. The van der Waals surface area contributed by atoms with Crippen LogP contribution in [0, 0.1) is 0 Å². The van der Waals surface area contributed by atoms with Gasteiger partial charge in [0.2, 0.25) is 0 Å². The van der Waals surface area contributed by atoms with Crippen molar-refractivity contribution < 1.29 is 41.0 Å². The van der Waals surface area contributed by atoms with E-state index in [1.807, 2.05) is 13.0 Å². The quantitative estimate of drug-likeness (QED) is 0.404. The van der Waals surface area contributed by atoms with E-state index in [0.29, 0.717) is 24.0 Å². The zero-order valence-corrected chi connectivity index (χ0v) is 20.6. The second-order valence-electron chi connectivity index (χ2n) is 8.38. The van der Waals surface area contributed by atoms with Crippen molar-refractivity contribution in [1.29, 1.82) is 0 Å². The number of ether oxygens (including phenoxy) is 2. The zero-order valence-electron chi connectivity index (χ0n) is 19.7. The minimum atomic E-state index is -4.72. The lowest BCUT2D eigenvalue weighted by Gasteiger charge is -2.36. The molecule has 0 unspecified atom stereocenters. The van der Waals surface area contributed by atoms with Gasteiger partial charge < -0.3 is 14.6 Å². The standard InChI is InChI=1S/C26H24F3NO6S/c1-2-35-20-7-3-5-17(13-20)18-9-11-24-23(14-18)30(16-21(36-24)10-12-25(31)32)37(33,34)22-8-4-6-19(15-22)26(27,28)29/h3-9,11,13-15,21H,2,10,12,16H2,1H3,(H,31,32)/t21-/m0/s1. The molecule has 1 aliphatic rings. The maximum Gasteiger partial charge on any atom is 0.416 e. The van der Waals surface area contributed by atoms with Crippen LogP contribution in [-0.2, 0) is 21.0 Å². The average molecular weight is 536 g/mol. The molecule has 11 heteroatoms. The summed E-state index contributed by atoms with van der Waals surface area (Å²) < 4.78 is 79.7. The van der Waals surface area contributed by atoms with Gasteiger partial charge in [-0.2, -0.15) is 13.2 Å². The van der Waals surface area contributed by atoms with Crippen LogP contribution in [0.15, 0.2) is 71.6 Å². The zero-order chi connectivity index (χ0) is 26.8. The summed E-state index contributed by atoms with van der Waals surface area (Å²) in [5, 5.41) is 9.07. The van der Waals surface area contributed by atoms with Gasteiger partial charge in [-0.3, -0.25) is 9.10 Å². The predicted molar refractivity (Wildman–Crippen MR) is 130 cm³/mol. The Balaban J connectivity index is 1.80. The molecule has 0 saturated carbocycles. The van der Waals surface area contributed by atoms with Crippen LogP contribution in [0.4, 0.5) is 18.9 Å². The summed E-state index contributed by atoms with van der Waals surface area (Å²) in [5.74, 6) is -0.274. The van der Waals surface area contributed by atoms with Gasteiger partial charge in [-0.15, -0.1) is 0 Å². The van der Waals surface area contributed by atoms with Crippen LogP contribution in [0.3, 0.4) is 0 Å². The van der Waals surface area contributed by atoms with E-state index in [9.17, 15) is 26.4 Å². The van der Waals surface area contributed by atoms with Crippen molar-refractivity contribution in [1.82, 2.24) is 0 Å². The van der Waals surface area contributed by atoms with E-state index in [1.165, 1.54) is 0 Å². The molecule has 3 aromatic carbocycles. The third-order valence-corrected chi connectivity index (χ3v) is 7.57. The first kappa shape index (κ1) is 26.3. The molecule has 0 bridgehead atoms. The van der Waals surface area contributed by atoms with Crippen molar-refractivity contribution in [3.63, 3.8) is 0 Å². The molecule has 37 heavy (non-hydrogen) atoms. The second-order valence-corrected chi connectivity index (χ2v) is 10.2.